The van der Waals surface area contributed by atoms with E-state index < -0.39 is 0 Å². The first-order valence-electron chi connectivity index (χ1n) is 9.62. The van der Waals surface area contributed by atoms with Gasteiger partial charge < -0.3 is 10.1 Å². The molecule has 1 heterocycles. The summed E-state index contributed by atoms with van der Waals surface area (Å²) in [4.78, 5) is 12.4. The number of nitrogens with zero attached hydrogens (tertiary/aromatic N) is 1. The smallest absolute Gasteiger partial charge is 0.262 e. The quantitative estimate of drug-likeness (QED) is 0.641. The molecule has 0 saturated carbocycles. The summed E-state index contributed by atoms with van der Waals surface area (Å²) in [5.41, 5.74) is 3.92. The van der Waals surface area contributed by atoms with Crippen molar-refractivity contribution >= 4 is 34.5 Å². The topological polar surface area (TPSA) is 62.1 Å². The first kappa shape index (κ1) is 20.5. The lowest BCUT2D eigenvalue weighted by molar-refractivity contribution is -0.118. The highest BCUT2D eigenvalue weighted by Gasteiger charge is 2.23. The van der Waals surface area contributed by atoms with Crippen LogP contribution in [-0.4, -0.2) is 12.5 Å². The molecule has 28 heavy (non-hydrogen) atoms. The number of anilines is 1. The maximum atomic E-state index is 12.4. The third-order valence-corrected chi connectivity index (χ3v) is 6.41. The molecule has 0 spiro atoms. The van der Waals surface area contributed by atoms with Crippen molar-refractivity contribution in [3.05, 3.63) is 50.3 Å². The zero-order chi connectivity index (χ0) is 20.1. The maximum absolute atomic E-state index is 12.4. The van der Waals surface area contributed by atoms with E-state index in [2.05, 4.69) is 25.2 Å². The number of ether oxygens (including phenoxy) is 1. The molecule has 0 radical (unpaired) electrons. The number of benzene rings is 1. The van der Waals surface area contributed by atoms with Crippen molar-refractivity contribution in [1.29, 1.82) is 5.26 Å². The summed E-state index contributed by atoms with van der Waals surface area (Å²) in [5, 5.41) is 13.0. The standard InChI is InChI=1S/C22H24N2O2S2/c1-3-4-15-6-8-16(9-7-15)26-13-20(25)24-21-19(12-23)17-10-5-14(2)11-18(17)22(27)28-21/h6-9,14H,3-5,10-11,13H2,1-2H3,(H,24,25). The Morgan fingerprint density at radius 1 is 1.36 bits per heavy atom. The van der Waals surface area contributed by atoms with E-state index in [1.54, 1.807) is 0 Å². The lowest BCUT2D eigenvalue weighted by Crippen LogP contribution is -2.21. The van der Waals surface area contributed by atoms with Crippen LogP contribution in [0.5, 0.6) is 5.75 Å². The van der Waals surface area contributed by atoms with E-state index in [1.165, 1.54) is 16.9 Å². The second-order valence-electron chi connectivity index (χ2n) is 7.24. The van der Waals surface area contributed by atoms with Crippen molar-refractivity contribution in [1.82, 2.24) is 0 Å². The molecule has 2 aromatic rings. The van der Waals surface area contributed by atoms with Gasteiger partial charge in [0.1, 0.15) is 16.8 Å². The molecule has 0 fully saturated rings. The fraction of sp³-hybridized carbons (Fsp3) is 0.409. The average Bonchev–Trinajstić information content (AvgIpc) is 2.68. The van der Waals surface area contributed by atoms with Gasteiger partial charge in [-0.15, -0.1) is 11.3 Å². The van der Waals surface area contributed by atoms with E-state index in [1.807, 2.05) is 24.3 Å². The Morgan fingerprint density at radius 2 is 2.11 bits per heavy atom. The monoisotopic (exact) mass is 412 g/mol. The number of aryl methyl sites for hydroxylation is 1. The number of nitriles is 1. The van der Waals surface area contributed by atoms with Gasteiger partial charge in [-0.05, 0) is 60.4 Å². The highest BCUT2D eigenvalue weighted by atomic mass is 32.1. The molecular formula is C22H24N2O2S2. The second-order valence-corrected chi connectivity index (χ2v) is 8.93. The molecule has 1 aromatic heterocycles. The minimum atomic E-state index is -0.288. The largest absolute Gasteiger partial charge is 0.484 e. The first-order valence-corrected chi connectivity index (χ1v) is 10.8. The first-order chi connectivity index (χ1) is 13.5. The number of hydrogen-bond donors (Lipinski definition) is 1. The predicted octanol–water partition coefficient (Wildman–Crippen LogP) is 5.44. The summed E-state index contributed by atoms with van der Waals surface area (Å²) in [6.45, 7) is 4.24. The van der Waals surface area contributed by atoms with Crippen molar-refractivity contribution in [2.24, 2.45) is 5.92 Å². The highest BCUT2D eigenvalue weighted by molar-refractivity contribution is 7.73. The number of amides is 1. The van der Waals surface area contributed by atoms with E-state index >= 15 is 0 Å². The van der Waals surface area contributed by atoms with Crippen molar-refractivity contribution in [3.63, 3.8) is 0 Å². The van der Waals surface area contributed by atoms with E-state index in [9.17, 15) is 10.1 Å². The average molecular weight is 413 g/mol. The third kappa shape index (κ3) is 4.78. The molecule has 1 unspecified atom stereocenters. The minimum absolute atomic E-state index is 0.106. The zero-order valence-corrected chi connectivity index (χ0v) is 17.8. The highest BCUT2D eigenvalue weighted by Crippen LogP contribution is 2.35. The molecule has 1 aliphatic carbocycles. The minimum Gasteiger partial charge on any atom is -0.484 e. The normalized spacial score (nSPS) is 15.4. The van der Waals surface area contributed by atoms with Gasteiger partial charge in [0.2, 0.25) is 0 Å². The van der Waals surface area contributed by atoms with Gasteiger partial charge in [-0.25, -0.2) is 0 Å². The molecule has 0 bridgehead atoms. The van der Waals surface area contributed by atoms with Crippen LogP contribution in [0.3, 0.4) is 0 Å². The molecule has 1 amide bonds. The summed E-state index contributed by atoms with van der Waals surface area (Å²) in [5.74, 6) is 0.942. The van der Waals surface area contributed by atoms with Crippen LogP contribution in [0.1, 0.15) is 48.9 Å². The number of carbonyl (C=O) groups excluding carboxylic acids is 1. The van der Waals surface area contributed by atoms with Crippen LogP contribution < -0.4 is 10.1 Å². The van der Waals surface area contributed by atoms with Gasteiger partial charge in [0, 0.05) is 0 Å². The summed E-state index contributed by atoms with van der Waals surface area (Å²) in [6.07, 6.45) is 4.90. The van der Waals surface area contributed by atoms with Gasteiger partial charge in [0.25, 0.3) is 5.91 Å². The molecule has 1 N–H and O–H groups in total. The van der Waals surface area contributed by atoms with Crippen LogP contribution in [-0.2, 0) is 24.1 Å². The van der Waals surface area contributed by atoms with Crippen LogP contribution in [0.2, 0.25) is 0 Å². The van der Waals surface area contributed by atoms with Crippen molar-refractivity contribution < 1.29 is 9.53 Å². The van der Waals surface area contributed by atoms with Crippen molar-refractivity contribution in [2.75, 3.05) is 11.9 Å². The van der Waals surface area contributed by atoms with Gasteiger partial charge >= 0.3 is 0 Å². The zero-order valence-electron chi connectivity index (χ0n) is 16.2. The molecule has 0 saturated heterocycles. The van der Waals surface area contributed by atoms with Crippen molar-refractivity contribution in [3.8, 4) is 11.8 Å². The second kappa shape index (κ2) is 9.31. The molecule has 1 aliphatic rings. The van der Waals surface area contributed by atoms with E-state index in [0.29, 0.717) is 22.2 Å². The number of fused-ring (bicyclic) bond motifs is 1. The number of carbonyl (C=O) groups is 1. The van der Waals surface area contributed by atoms with Gasteiger partial charge in [-0.2, -0.15) is 5.26 Å². The Hall–Kier alpha value is -2.23. The molecule has 6 heteroatoms. The van der Waals surface area contributed by atoms with Gasteiger partial charge in [-0.1, -0.05) is 44.6 Å². The fourth-order valence-corrected chi connectivity index (χ4v) is 4.91. The van der Waals surface area contributed by atoms with Gasteiger partial charge in [0.15, 0.2) is 6.61 Å². The van der Waals surface area contributed by atoms with Gasteiger partial charge in [-0.3, -0.25) is 4.79 Å². The molecule has 0 aliphatic heterocycles. The Morgan fingerprint density at radius 3 is 2.79 bits per heavy atom. The summed E-state index contributed by atoms with van der Waals surface area (Å²) in [6, 6.07) is 10.1. The molecule has 146 valence electrons. The maximum Gasteiger partial charge on any atom is 0.262 e. The Balaban J connectivity index is 1.69. The molecule has 1 aromatic carbocycles. The van der Waals surface area contributed by atoms with Crippen molar-refractivity contribution in [2.45, 2.75) is 46.0 Å². The molecule has 3 rings (SSSR count). The summed E-state index contributed by atoms with van der Waals surface area (Å²) >= 11 is 6.85. The number of nitrogens with one attached hydrogen (secondary N) is 1. The Kier molecular flexibility index (Phi) is 6.82. The van der Waals surface area contributed by atoms with E-state index in [0.717, 1.165) is 47.1 Å². The molecular weight excluding hydrogens is 388 g/mol. The van der Waals surface area contributed by atoms with E-state index in [4.69, 9.17) is 17.0 Å². The summed E-state index contributed by atoms with van der Waals surface area (Å²) in [7, 11) is 0. The summed E-state index contributed by atoms with van der Waals surface area (Å²) < 4.78 is 6.35. The van der Waals surface area contributed by atoms with E-state index in [-0.39, 0.29) is 12.5 Å². The van der Waals surface area contributed by atoms with Crippen LogP contribution in [0.15, 0.2) is 24.3 Å². The Bertz CT molecular complexity index is 958. The SMILES string of the molecule is CCCc1ccc(OCC(=O)Nc2sc(=S)c3c(c2C#N)CCC(C)C3)cc1. The van der Waals surface area contributed by atoms with Crippen LogP contribution in [0.4, 0.5) is 5.00 Å². The lowest BCUT2D eigenvalue weighted by Gasteiger charge is -2.23. The van der Waals surface area contributed by atoms with Crippen LogP contribution in [0, 0.1) is 21.1 Å². The number of hydrogen-bond acceptors (Lipinski definition) is 5. The molecule has 4 nitrogen and oxygen atoms in total. The third-order valence-electron chi connectivity index (χ3n) is 4.97. The molecule has 1 atom stereocenters. The fourth-order valence-electron chi connectivity index (χ4n) is 3.50. The van der Waals surface area contributed by atoms with Crippen LogP contribution in [0.25, 0.3) is 0 Å². The Labute approximate surface area is 175 Å². The predicted molar refractivity (Wildman–Crippen MR) is 116 cm³/mol. The van der Waals surface area contributed by atoms with Gasteiger partial charge in [0.05, 0.1) is 9.39 Å². The van der Waals surface area contributed by atoms with Crippen LogP contribution >= 0.6 is 23.6 Å². The number of rotatable bonds is 6. The lowest BCUT2D eigenvalue weighted by atomic mass is 9.85.